The molecule has 0 radical (unpaired) electrons. The number of nitrogens with two attached hydrogens (primary N) is 1. The van der Waals surface area contributed by atoms with Gasteiger partial charge in [0.2, 0.25) is 0 Å². The maximum absolute atomic E-state index is 5.79. The summed E-state index contributed by atoms with van der Waals surface area (Å²) in [7, 11) is 0. The van der Waals surface area contributed by atoms with E-state index in [0.717, 1.165) is 18.7 Å². The van der Waals surface area contributed by atoms with Gasteiger partial charge in [-0.3, -0.25) is 4.68 Å². The summed E-state index contributed by atoms with van der Waals surface area (Å²) in [6.07, 6.45) is 0.857. The molecule has 0 spiro atoms. The van der Waals surface area contributed by atoms with Crippen LogP contribution in [-0.4, -0.2) is 15.8 Å². The smallest absolute Gasteiger partial charge is 0.0643 e. The first-order chi connectivity index (χ1) is 6.84. The fourth-order valence-electron chi connectivity index (χ4n) is 1.74. The SMILES string of the molecule is CCn1nc(CC(C)N)cc1C(C)(C)C. The first kappa shape index (κ1) is 12.2. The van der Waals surface area contributed by atoms with Gasteiger partial charge in [0.1, 0.15) is 0 Å². The van der Waals surface area contributed by atoms with Gasteiger partial charge in [-0.05, 0) is 19.9 Å². The van der Waals surface area contributed by atoms with E-state index in [0.29, 0.717) is 0 Å². The van der Waals surface area contributed by atoms with Gasteiger partial charge >= 0.3 is 0 Å². The molecule has 0 aliphatic heterocycles. The standard InChI is InChI=1S/C12H23N3/c1-6-15-11(12(3,4)5)8-10(14-15)7-9(2)13/h8-9H,6-7,13H2,1-5H3. The largest absolute Gasteiger partial charge is 0.328 e. The third-order valence-corrected chi connectivity index (χ3v) is 2.43. The molecular formula is C12H23N3. The van der Waals surface area contributed by atoms with Crippen LogP contribution in [-0.2, 0) is 18.4 Å². The normalized spacial score (nSPS) is 14.3. The van der Waals surface area contributed by atoms with Crippen molar-refractivity contribution in [3.63, 3.8) is 0 Å². The zero-order valence-corrected chi connectivity index (χ0v) is 10.5. The molecule has 0 bridgehead atoms. The maximum atomic E-state index is 5.79. The van der Waals surface area contributed by atoms with Crippen molar-refractivity contribution in [1.29, 1.82) is 0 Å². The summed E-state index contributed by atoms with van der Waals surface area (Å²) < 4.78 is 2.08. The van der Waals surface area contributed by atoms with E-state index in [4.69, 9.17) is 5.73 Å². The fraction of sp³-hybridized carbons (Fsp3) is 0.750. The van der Waals surface area contributed by atoms with Crippen LogP contribution in [0.5, 0.6) is 0 Å². The Hall–Kier alpha value is -0.830. The van der Waals surface area contributed by atoms with Crippen LogP contribution < -0.4 is 5.73 Å². The van der Waals surface area contributed by atoms with Gasteiger partial charge in [-0.25, -0.2) is 0 Å². The van der Waals surface area contributed by atoms with Crippen LogP contribution in [0.2, 0.25) is 0 Å². The average Bonchev–Trinajstić information content (AvgIpc) is 2.45. The van der Waals surface area contributed by atoms with E-state index in [9.17, 15) is 0 Å². The fourth-order valence-corrected chi connectivity index (χ4v) is 1.74. The molecule has 0 fully saturated rings. The number of rotatable bonds is 3. The molecule has 0 aliphatic rings. The Balaban J connectivity index is 3.01. The van der Waals surface area contributed by atoms with Gasteiger partial charge in [0.25, 0.3) is 0 Å². The minimum absolute atomic E-state index is 0.152. The molecule has 1 heterocycles. The molecule has 3 nitrogen and oxygen atoms in total. The van der Waals surface area contributed by atoms with Crippen molar-refractivity contribution < 1.29 is 0 Å². The molecule has 1 unspecified atom stereocenters. The molecular weight excluding hydrogens is 186 g/mol. The molecule has 0 saturated carbocycles. The molecule has 1 aromatic heterocycles. The average molecular weight is 209 g/mol. The van der Waals surface area contributed by atoms with Gasteiger partial charge in [0.05, 0.1) is 5.69 Å². The molecule has 3 heteroatoms. The molecule has 86 valence electrons. The van der Waals surface area contributed by atoms with Crippen LogP contribution in [0.1, 0.15) is 46.0 Å². The molecule has 0 amide bonds. The highest BCUT2D eigenvalue weighted by Gasteiger charge is 2.20. The Kier molecular flexibility index (Phi) is 3.55. The van der Waals surface area contributed by atoms with Crippen LogP contribution >= 0.6 is 0 Å². The lowest BCUT2D eigenvalue weighted by Gasteiger charge is -2.19. The molecule has 1 aromatic rings. The van der Waals surface area contributed by atoms with Crippen LogP contribution in [0.25, 0.3) is 0 Å². The highest BCUT2D eigenvalue weighted by Crippen LogP contribution is 2.23. The van der Waals surface area contributed by atoms with E-state index in [1.165, 1.54) is 5.69 Å². The van der Waals surface area contributed by atoms with E-state index in [-0.39, 0.29) is 11.5 Å². The Labute approximate surface area is 92.7 Å². The first-order valence-corrected chi connectivity index (χ1v) is 5.67. The summed E-state index contributed by atoms with van der Waals surface area (Å²) in [6, 6.07) is 2.37. The molecule has 0 saturated heterocycles. The van der Waals surface area contributed by atoms with Gasteiger partial charge in [0.15, 0.2) is 0 Å². The molecule has 2 N–H and O–H groups in total. The quantitative estimate of drug-likeness (QED) is 0.828. The van der Waals surface area contributed by atoms with E-state index in [2.05, 4.69) is 43.5 Å². The van der Waals surface area contributed by atoms with Crippen molar-refractivity contribution in [2.24, 2.45) is 5.73 Å². The summed E-state index contributed by atoms with van der Waals surface area (Å²) >= 11 is 0. The second kappa shape index (κ2) is 4.35. The van der Waals surface area contributed by atoms with Crippen molar-refractivity contribution in [1.82, 2.24) is 9.78 Å². The zero-order valence-electron chi connectivity index (χ0n) is 10.5. The van der Waals surface area contributed by atoms with E-state index < -0.39 is 0 Å². The zero-order chi connectivity index (χ0) is 11.6. The monoisotopic (exact) mass is 209 g/mol. The predicted octanol–water partition coefficient (Wildman–Crippen LogP) is 2.09. The van der Waals surface area contributed by atoms with Crippen molar-refractivity contribution in [3.8, 4) is 0 Å². The number of aromatic nitrogens is 2. The molecule has 15 heavy (non-hydrogen) atoms. The molecule has 0 aliphatic carbocycles. The minimum Gasteiger partial charge on any atom is -0.328 e. The Bertz CT molecular complexity index is 318. The Morgan fingerprint density at radius 1 is 1.47 bits per heavy atom. The minimum atomic E-state index is 0.152. The second-order valence-electron chi connectivity index (χ2n) is 5.27. The van der Waals surface area contributed by atoms with Gasteiger partial charge in [-0.2, -0.15) is 5.10 Å². The highest BCUT2D eigenvalue weighted by atomic mass is 15.3. The number of hydrogen-bond acceptors (Lipinski definition) is 2. The van der Waals surface area contributed by atoms with Crippen molar-refractivity contribution >= 4 is 0 Å². The Morgan fingerprint density at radius 3 is 2.40 bits per heavy atom. The lowest BCUT2D eigenvalue weighted by atomic mass is 9.91. The summed E-state index contributed by atoms with van der Waals surface area (Å²) in [5, 5.41) is 4.57. The van der Waals surface area contributed by atoms with E-state index in [1.807, 2.05) is 6.92 Å². The van der Waals surface area contributed by atoms with E-state index >= 15 is 0 Å². The molecule has 1 atom stereocenters. The third-order valence-electron chi connectivity index (χ3n) is 2.43. The van der Waals surface area contributed by atoms with E-state index in [1.54, 1.807) is 0 Å². The second-order valence-corrected chi connectivity index (χ2v) is 5.27. The summed E-state index contributed by atoms with van der Waals surface area (Å²) in [6.45, 7) is 11.7. The third kappa shape index (κ3) is 3.06. The Morgan fingerprint density at radius 2 is 2.07 bits per heavy atom. The molecule has 1 rings (SSSR count). The van der Waals surface area contributed by atoms with Crippen LogP contribution in [0.4, 0.5) is 0 Å². The summed E-state index contributed by atoms with van der Waals surface area (Å²) in [5.74, 6) is 0. The van der Waals surface area contributed by atoms with Gasteiger partial charge in [-0.1, -0.05) is 20.8 Å². The number of aryl methyl sites for hydroxylation is 1. The van der Waals surface area contributed by atoms with Crippen molar-refractivity contribution in [3.05, 3.63) is 17.5 Å². The molecule has 0 aromatic carbocycles. The first-order valence-electron chi connectivity index (χ1n) is 5.67. The lowest BCUT2D eigenvalue weighted by molar-refractivity contribution is 0.496. The highest BCUT2D eigenvalue weighted by molar-refractivity contribution is 5.18. The van der Waals surface area contributed by atoms with Crippen LogP contribution in [0.15, 0.2) is 6.07 Å². The topological polar surface area (TPSA) is 43.8 Å². The van der Waals surface area contributed by atoms with Crippen molar-refractivity contribution in [2.45, 2.75) is 59.0 Å². The van der Waals surface area contributed by atoms with Crippen LogP contribution in [0, 0.1) is 0 Å². The maximum Gasteiger partial charge on any atom is 0.0643 e. The van der Waals surface area contributed by atoms with Crippen molar-refractivity contribution in [2.75, 3.05) is 0 Å². The van der Waals surface area contributed by atoms with Gasteiger partial charge in [-0.15, -0.1) is 0 Å². The number of nitrogens with zero attached hydrogens (tertiary/aromatic N) is 2. The van der Waals surface area contributed by atoms with Gasteiger partial charge in [0, 0.05) is 30.1 Å². The summed E-state index contributed by atoms with van der Waals surface area (Å²) in [4.78, 5) is 0. The van der Waals surface area contributed by atoms with Gasteiger partial charge < -0.3 is 5.73 Å². The van der Waals surface area contributed by atoms with Crippen LogP contribution in [0.3, 0.4) is 0 Å². The summed E-state index contributed by atoms with van der Waals surface area (Å²) in [5.41, 5.74) is 8.34. The number of hydrogen-bond donors (Lipinski definition) is 1. The lowest BCUT2D eigenvalue weighted by Crippen LogP contribution is -2.18. The predicted molar refractivity (Wildman–Crippen MR) is 64.0 cm³/mol.